The second kappa shape index (κ2) is 6.92. The van der Waals surface area contributed by atoms with Crippen molar-refractivity contribution in [2.24, 2.45) is 5.92 Å². The maximum atomic E-state index is 12.2. The molecule has 1 heterocycles. The lowest BCUT2D eigenvalue weighted by Gasteiger charge is -2.35. The molecule has 5 heteroatoms. The molecule has 0 spiro atoms. The summed E-state index contributed by atoms with van der Waals surface area (Å²) in [5.41, 5.74) is 0.816. The maximum Gasteiger partial charge on any atom is 0.329 e. The highest BCUT2D eigenvalue weighted by molar-refractivity contribution is 5.85. The Morgan fingerprint density at radius 3 is 2.67 bits per heavy atom. The summed E-state index contributed by atoms with van der Waals surface area (Å²) in [5, 5.41) is 0. The van der Waals surface area contributed by atoms with Crippen molar-refractivity contribution in [1.29, 1.82) is 0 Å². The van der Waals surface area contributed by atoms with Gasteiger partial charge in [-0.25, -0.2) is 4.79 Å². The number of anilines is 1. The number of methoxy groups -OCH3 is 1. The number of nitrogens with zero attached hydrogens (tertiary/aromatic N) is 1. The summed E-state index contributed by atoms with van der Waals surface area (Å²) < 4.78 is 10.2. The average Bonchev–Trinajstić information content (AvgIpc) is 2.54. The van der Waals surface area contributed by atoms with Gasteiger partial charge < -0.3 is 19.2 Å². The first kappa shape index (κ1) is 15.1. The van der Waals surface area contributed by atoms with Crippen LogP contribution in [-0.2, 0) is 14.3 Å². The van der Waals surface area contributed by atoms with E-state index in [1.807, 2.05) is 36.5 Å². The predicted octanol–water partition coefficient (Wildman–Crippen LogP) is 2.17. The van der Waals surface area contributed by atoms with E-state index < -0.39 is 12.0 Å². The number of carbonyl (C=O) groups excluding carboxylic acids is 2. The molecule has 0 bridgehead atoms. The van der Waals surface area contributed by atoms with Crippen LogP contribution < -0.4 is 9.64 Å². The summed E-state index contributed by atoms with van der Waals surface area (Å²) in [5.74, 6) is -0.0507. The molecule has 5 nitrogen and oxygen atoms in total. The van der Waals surface area contributed by atoms with Gasteiger partial charge in [0.05, 0.1) is 13.7 Å². The van der Waals surface area contributed by atoms with E-state index in [-0.39, 0.29) is 5.97 Å². The number of rotatable bonds is 5. The van der Waals surface area contributed by atoms with E-state index in [2.05, 4.69) is 0 Å². The molecule has 0 aliphatic carbocycles. The Hall–Kier alpha value is -2.30. The molecule has 1 aliphatic heterocycles. The van der Waals surface area contributed by atoms with E-state index in [0.29, 0.717) is 13.0 Å². The topological polar surface area (TPSA) is 55.8 Å². The first-order valence-corrected chi connectivity index (χ1v) is 6.92. The SMILES string of the molecule is CCOC(=O)[C@@H]1[C@@H](C=O)CC=CN1c1ccc(OC)cc1. The molecule has 0 unspecified atom stereocenters. The van der Waals surface area contributed by atoms with Crippen molar-refractivity contribution in [3.05, 3.63) is 36.5 Å². The van der Waals surface area contributed by atoms with Gasteiger partial charge in [0, 0.05) is 17.8 Å². The molecule has 21 heavy (non-hydrogen) atoms. The van der Waals surface area contributed by atoms with E-state index in [4.69, 9.17) is 9.47 Å². The molecule has 0 N–H and O–H groups in total. The van der Waals surface area contributed by atoms with Crippen molar-refractivity contribution in [3.8, 4) is 5.75 Å². The van der Waals surface area contributed by atoms with Crippen molar-refractivity contribution >= 4 is 17.9 Å². The zero-order valence-corrected chi connectivity index (χ0v) is 12.2. The minimum atomic E-state index is -0.624. The molecule has 0 saturated heterocycles. The number of benzene rings is 1. The molecule has 2 rings (SSSR count). The van der Waals surface area contributed by atoms with Crippen LogP contribution in [0.4, 0.5) is 5.69 Å². The van der Waals surface area contributed by atoms with Gasteiger partial charge in [0.15, 0.2) is 0 Å². The molecule has 112 valence electrons. The Kier molecular flexibility index (Phi) is 4.98. The van der Waals surface area contributed by atoms with Gasteiger partial charge in [-0.2, -0.15) is 0 Å². The molecular weight excluding hydrogens is 270 g/mol. The summed E-state index contributed by atoms with van der Waals surface area (Å²) in [6, 6.07) is 6.71. The normalized spacial score (nSPS) is 21.0. The molecule has 0 amide bonds. The molecule has 0 saturated carbocycles. The maximum absolute atomic E-state index is 12.2. The number of allylic oxidation sites excluding steroid dienone is 1. The molecule has 1 aromatic carbocycles. The van der Waals surface area contributed by atoms with E-state index in [0.717, 1.165) is 17.7 Å². The number of hydrogen-bond donors (Lipinski definition) is 0. The minimum Gasteiger partial charge on any atom is -0.497 e. The third-order valence-corrected chi connectivity index (χ3v) is 3.45. The summed E-state index contributed by atoms with van der Waals surface area (Å²) in [4.78, 5) is 25.2. The van der Waals surface area contributed by atoms with Crippen molar-refractivity contribution in [3.63, 3.8) is 0 Å². The molecule has 0 fully saturated rings. The van der Waals surface area contributed by atoms with E-state index >= 15 is 0 Å². The zero-order chi connectivity index (χ0) is 15.2. The van der Waals surface area contributed by atoms with Crippen LogP contribution in [0.1, 0.15) is 13.3 Å². The fourth-order valence-corrected chi connectivity index (χ4v) is 2.41. The van der Waals surface area contributed by atoms with Gasteiger partial charge >= 0.3 is 5.97 Å². The van der Waals surface area contributed by atoms with Crippen molar-refractivity contribution < 1.29 is 19.1 Å². The number of carbonyl (C=O) groups is 2. The number of esters is 1. The van der Waals surface area contributed by atoms with Crippen LogP contribution in [0.5, 0.6) is 5.75 Å². The highest BCUT2D eigenvalue weighted by atomic mass is 16.5. The summed E-state index contributed by atoms with van der Waals surface area (Å²) in [6.07, 6.45) is 5.07. The van der Waals surface area contributed by atoms with Gasteiger partial charge in [0.2, 0.25) is 0 Å². The summed E-state index contributed by atoms with van der Waals surface area (Å²) >= 11 is 0. The quantitative estimate of drug-likeness (QED) is 0.614. The fraction of sp³-hybridized carbons (Fsp3) is 0.375. The molecule has 0 radical (unpaired) electrons. The van der Waals surface area contributed by atoms with Crippen molar-refractivity contribution in [1.82, 2.24) is 0 Å². The minimum absolute atomic E-state index is 0.293. The summed E-state index contributed by atoms with van der Waals surface area (Å²) in [6.45, 7) is 2.05. The molecule has 1 aromatic rings. The molecule has 2 atom stereocenters. The molecular formula is C16H19NO4. The van der Waals surface area contributed by atoms with Gasteiger partial charge in [-0.05, 0) is 37.6 Å². The van der Waals surface area contributed by atoms with E-state index in [9.17, 15) is 9.59 Å². The standard InChI is InChI=1S/C16H19NO4/c1-3-21-16(19)15-12(11-18)5-4-10-17(15)13-6-8-14(20-2)9-7-13/h4,6-12,15H,3,5H2,1-2H3/t12-,15+/m1/s1. The molecule has 0 aromatic heterocycles. The lowest BCUT2D eigenvalue weighted by molar-refractivity contribution is -0.147. The Labute approximate surface area is 124 Å². The van der Waals surface area contributed by atoms with E-state index in [1.54, 1.807) is 18.9 Å². The fourth-order valence-electron chi connectivity index (χ4n) is 2.41. The number of ether oxygens (including phenoxy) is 2. The average molecular weight is 289 g/mol. The largest absolute Gasteiger partial charge is 0.497 e. The highest BCUT2D eigenvalue weighted by Crippen LogP contribution is 2.29. The van der Waals surface area contributed by atoms with Crippen LogP contribution in [0.15, 0.2) is 36.5 Å². The van der Waals surface area contributed by atoms with Crippen LogP contribution in [0, 0.1) is 5.92 Å². The lowest BCUT2D eigenvalue weighted by atomic mass is 9.93. The number of hydrogen-bond acceptors (Lipinski definition) is 5. The lowest BCUT2D eigenvalue weighted by Crippen LogP contribution is -2.47. The van der Waals surface area contributed by atoms with Crippen molar-refractivity contribution in [2.75, 3.05) is 18.6 Å². The van der Waals surface area contributed by atoms with Crippen LogP contribution in [-0.4, -0.2) is 32.0 Å². The van der Waals surface area contributed by atoms with Crippen LogP contribution in [0.25, 0.3) is 0 Å². The molecule has 1 aliphatic rings. The van der Waals surface area contributed by atoms with Gasteiger partial charge in [-0.1, -0.05) is 6.08 Å². The predicted molar refractivity (Wildman–Crippen MR) is 79.2 cm³/mol. The zero-order valence-electron chi connectivity index (χ0n) is 12.2. The Morgan fingerprint density at radius 1 is 1.38 bits per heavy atom. The Balaban J connectivity index is 2.32. The number of aldehydes is 1. The van der Waals surface area contributed by atoms with Crippen LogP contribution in [0.3, 0.4) is 0 Å². The van der Waals surface area contributed by atoms with Crippen molar-refractivity contribution in [2.45, 2.75) is 19.4 Å². The first-order valence-electron chi connectivity index (χ1n) is 6.92. The van der Waals surface area contributed by atoms with E-state index in [1.165, 1.54) is 0 Å². The van der Waals surface area contributed by atoms with Crippen LogP contribution >= 0.6 is 0 Å². The Morgan fingerprint density at radius 2 is 2.10 bits per heavy atom. The third-order valence-electron chi connectivity index (χ3n) is 3.45. The highest BCUT2D eigenvalue weighted by Gasteiger charge is 2.36. The second-order valence-corrected chi connectivity index (χ2v) is 4.72. The van der Waals surface area contributed by atoms with Gasteiger partial charge in [0.1, 0.15) is 18.1 Å². The monoisotopic (exact) mass is 289 g/mol. The third kappa shape index (κ3) is 3.24. The van der Waals surface area contributed by atoms with Gasteiger partial charge in [0.25, 0.3) is 0 Å². The van der Waals surface area contributed by atoms with Crippen LogP contribution in [0.2, 0.25) is 0 Å². The second-order valence-electron chi connectivity index (χ2n) is 4.72. The van der Waals surface area contributed by atoms with Gasteiger partial charge in [-0.15, -0.1) is 0 Å². The first-order chi connectivity index (χ1) is 10.2. The summed E-state index contributed by atoms with van der Waals surface area (Å²) in [7, 11) is 1.60. The smallest absolute Gasteiger partial charge is 0.329 e. The van der Waals surface area contributed by atoms with Gasteiger partial charge in [-0.3, -0.25) is 0 Å². The Bertz CT molecular complexity index is 524.